The minimum absolute atomic E-state index is 0.0353. The Morgan fingerprint density at radius 2 is 2.00 bits per heavy atom. The second-order valence-electron chi connectivity index (χ2n) is 5.32. The van der Waals surface area contributed by atoms with Gasteiger partial charge in [0.15, 0.2) is 17.4 Å². The standard InChI is InChI=1S/C18H11FN4OS/c19-13-9-11(10-20)1-2-15(13)24-18-16-14(5-8-25-16)22-17(23-18)12-3-6-21-7-4-12/h1-4,6-7,9H,5,8H2. The molecule has 1 aliphatic rings. The first-order valence-electron chi connectivity index (χ1n) is 7.56. The van der Waals surface area contributed by atoms with E-state index in [9.17, 15) is 4.39 Å². The molecule has 4 rings (SSSR count). The van der Waals surface area contributed by atoms with Crippen LogP contribution >= 0.6 is 11.8 Å². The molecule has 0 spiro atoms. The van der Waals surface area contributed by atoms with Crippen LogP contribution in [0.15, 0.2) is 47.6 Å². The summed E-state index contributed by atoms with van der Waals surface area (Å²) in [6, 6.07) is 9.63. The zero-order valence-electron chi connectivity index (χ0n) is 12.9. The largest absolute Gasteiger partial charge is 0.435 e. The molecule has 25 heavy (non-hydrogen) atoms. The molecule has 0 fully saturated rings. The molecule has 122 valence electrons. The van der Waals surface area contributed by atoms with Crippen molar-refractivity contribution in [1.29, 1.82) is 5.26 Å². The Hall–Kier alpha value is -2.98. The van der Waals surface area contributed by atoms with Gasteiger partial charge < -0.3 is 4.74 Å². The number of hydrogen-bond acceptors (Lipinski definition) is 6. The first-order chi connectivity index (χ1) is 12.2. The van der Waals surface area contributed by atoms with Crippen LogP contribution in [0.3, 0.4) is 0 Å². The molecule has 3 heterocycles. The molecule has 3 aromatic rings. The first kappa shape index (κ1) is 15.5. The van der Waals surface area contributed by atoms with Gasteiger partial charge in [-0.2, -0.15) is 10.2 Å². The fourth-order valence-electron chi connectivity index (χ4n) is 2.49. The molecule has 2 aromatic heterocycles. The van der Waals surface area contributed by atoms with Crippen LogP contribution in [0.2, 0.25) is 0 Å². The van der Waals surface area contributed by atoms with Gasteiger partial charge in [-0.05, 0) is 30.3 Å². The van der Waals surface area contributed by atoms with Gasteiger partial charge in [0.25, 0.3) is 0 Å². The number of benzene rings is 1. The molecule has 0 bridgehead atoms. The Bertz CT molecular complexity index is 988. The summed E-state index contributed by atoms with van der Waals surface area (Å²) in [7, 11) is 0. The van der Waals surface area contributed by atoms with E-state index in [0.29, 0.717) is 11.7 Å². The maximum atomic E-state index is 14.2. The zero-order chi connectivity index (χ0) is 17.2. The number of aryl methyl sites for hydroxylation is 1. The smallest absolute Gasteiger partial charge is 0.237 e. The van der Waals surface area contributed by atoms with Crippen molar-refractivity contribution in [3.63, 3.8) is 0 Å². The second-order valence-corrected chi connectivity index (χ2v) is 6.43. The van der Waals surface area contributed by atoms with Crippen molar-refractivity contribution in [2.75, 3.05) is 5.75 Å². The Balaban J connectivity index is 1.77. The summed E-state index contributed by atoms with van der Waals surface area (Å²) in [4.78, 5) is 13.9. The molecule has 0 N–H and O–H groups in total. The van der Waals surface area contributed by atoms with Crippen LogP contribution in [0.25, 0.3) is 11.4 Å². The number of nitriles is 1. The third-order valence-corrected chi connectivity index (χ3v) is 4.80. The fraction of sp³-hybridized carbons (Fsp3) is 0.111. The number of halogens is 1. The lowest BCUT2D eigenvalue weighted by Crippen LogP contribution is -2.00. The van der Waals surface area contributed by atoms with Gasteiger partial charge in [-0.25, -0.2) is 9.37 Å². The van der Waals surface area contributed by atoms with E-state index in [1.54, 1.807) is 24.2 Å². The molecule has 0 saturated heterocycles. The number of fused-ring (bicyclic) bond motifs is 1. The number of thioether (sulfide) groups is 1. The molecular weight excluding hydrogens is 339 g/mol. The molecule has 1 aliphatic heterocycles. The molecule has 0 saturated carbocycles. The van der Waals surface area contributed by atoms with Crippen molar-refractivity contribution in [1.82, 2.24) is 15.0 Å². The maximum Gasteiger partial charge on any atom is 0.237 e. The summed E-state index contributed by atoms with van der Waals surface area (Å²) in [6.45, 7) is 0. The van der Waals surface area contributed by atoms with Gasteiger partial charge in [0.1, 0.15) is 0 Å². The van der Waals surface area contributed by atoms with Crippen LogP contribution in [0.1, 0.15) is 11.3 Å². The predicted octanol–water partition coefficient (Wildman–Crippen LogP) is 3.99. The van der Waals surface area contributed by atoms with E-state index >= 15 is 0 Å². The van der Waals surface area contributed by atoms with Crippen molar-refractivity contribution in [3.05, 3.63) is 59.8 Å². The van der Waals surface area contributed by atoms with Crippen LogP contribution < -0.4 is 4.74 Å². The van der Waals surface area contributed by atoms with Crippen molar-refractivity contribution in [3.8, 4) is 29.1 Å². The third kappa shape index (κ3) is 3.04. The topological polar surface area (TPSA) is 71.7 Å². The minimum atomic E-state index is -0.597. The van der Waals surface area contributed by atoms with Crippen molar-refractivity contribution in [2.45, 2.75) is 11.3 Å². The number of aromatic nitrogens is 3. The highest BCUT2D eigenvalue weighted by molar-refractivity contribution is 7.99. The summed E-state index contributed by atoms with van der Waals surface area (Å²) in [5, 5.41) is 8.85. The van der Waals surface area contributed by atoms with Gasteiger partial charge in [-0.15, -0.1) is 11.8 Å². The molecule has 1 aromatic carbocycles. The SMILES string of the molecule is N#Cc1ccc(Oc2nc(-c3ccncc3)nc3c2SCC3)c(F)c1. The molecule has 0 radical (unpaired) electrons. The van der Waals surface area contributed by atoms with Gasteiger partial charge in [0, 0.05) is 30.1 Å². The monoisotopic (exact) mass is 350 g/mol. The molecule has 5 nitrogen and oxygen atoms in total. The van der Waals surface area contributed by atoms with E-state index < -0.39 is 5.82 Å². The first-order valence-corrected chi connectivity index (χ1v) is 8.55. The Labute approximate surface area is 147 Å². The van der Waals surface area contributed by atoms with E-state index in [4.69, 9.17) is 10.00 Å². The average Bonchev–Trinajstić information content (AvgIpc) is 3.13. The van der Waals surface area contributed by atoms with E-state index in [1.165, 1.54) is 12.1 Å². The van der Waals surface area contributed by atoms with Gasteiger partial charge in [0.2, 0.25) is 5.88 Å². The number of rotatable bonds is 3. The Morgan fingerprint density at radius 1 is 1.16 bits per heavy atom. The lowest BCUT2D eigenvalue weighted by molar-refractivity contribution is 0.416. The fourth-order valence-corrected chi connectivity index (χ4v) is 3.52. The zero-order valence-corrected chi connectivity index (χ0v) is 13.8. The van der Waals surface area contributed by atoms with Crippen LogP contribution in [0, 0.1) is 17.1 Å². The normalized spacial score (nSPS) is 12.5. The van der Waals surface area contributed by atoms with E-state index in [2.05, 4.69) is 15.0 Å². The van der Waals surface area contributed by atoms with E-state index in [1.807, 2.05) is 18.2 Å². The van der Waals surface area contributed by atoms with Crippen LogP contribution in [-0.2, 0) is 6.42 Å². The van der Waals surface area contributed by atoms with Crippen molar-refractivity contribution < 1.29 is 9.13 Å². The quantitative estimate of drug-likeness (QED) is 0.711. The second kappa shape index (κ2) is 6.49. The van der Waals surface area contributed by atoms with Crippen LogP contribution in [0.5, 0.6) is 11.6 Å². The van der Waals surface area contributed by atoms with Crippen LogP contribution in [-0.4, -0.2) is 20.7 Å². The van der Waals surface area contributed by atoms with Gasteiger partial charge in [-0.1, -0.05) is 0 Å². The molecule has 0 amide bonds. The van der Waals surface area contributed by atoms with E-state index in [-0.39, 0.29) is 11.3 Å². The molecular formula is C18H11FN4OS. The lowest BCUT2D eigenvalue weighted by Gasteiger charge is -2.11. The number of pyridine rings is 1. The van der Waals surface area contributed by atoms with Crippen LogP contribution in [0.4, 0.5) is 4.39 Å². The average molecular weight is 350 g/mol. The Morgan fingerprint density at radius 3 is 2.76 bits per heavy atom. The molecule has 7 heteroatoms. The highest BCUT2D eigenvalue weighted by Gasteiger charge is 2.23. The summed E-state index contributed by atoms with van der Waals surface area (Å²) in [5.74, 6) is 1.18. The predicted molar refractivity (Wildman–Crippen MR) is 90.9 cm³/mol. The Kier molecular flexibility index (Phi) is 4.04. The molecule has 0 unspecified atom stereocenters. The summed E-state index contributed by atoms with van der Waals surface area (Å²) >= 11 is 1.59. The maximum absolute atomic E-state index is 14.2. The number of nitrogens with zero attached hydrogens (tertiary/aromatic N) is 4. The molecule has 0 atom stereocenters. The van der Waals surface area contributed by atoms with E-state index in [0.717, 1.165) is 34.4 Å². The highest BCUT2D eigenvalue weighted by Crippen LogP contribution is 2.40. The summed E-state index contributed by atoms with van der Waals surface area (Å²) < 4.78 is 19.9. The van der Waals surface area contributed by atoms with Crippen molar-refractivity contribution >= 4 is 11.8 Å². The van der Waals surface area contributed by atoms with Gasteiger partial charge in [0.05, 0.1) is 22.2 Å². The summed E-state index contributed by atoms with van der Waals surface area (Å²) in [6.07, 6.45) is 4.15. The third-order valence-electron chi connectivity index (χ3n) is 3.70. The lowest BCUT2D eigenvalue weighted by atomic mass is 10.2. The molecule has 0 aliphatic carbocycles. The highest BCUT2D eigenvalue weighted by atomic mass is 32.2. The van der Waals surface area contributed by atoms with Crippen molar-refractivity contribution in [2.24, 2.45) is 0 Å². The van der Waals surface area contributed by atoms with Gasteiger partial charge in [-0.3, -0.25) is 4.98 Å². The number of hydrogen-bond donors (Lipinski definition) is 0. The summed E-state index contributed by atoms with van der Waals surface area (Å²) in [5.41, 5.74) is 1.96. The minimum Gasteiger partial charge on any atom is -0.435 e. The van der Waals surface area contributed by atoms with Gasteiger partial charge >= 0.3 is 0 Å². The number of ether oxygens (including phenoxy) is 1.